The van der Waals surface area contributed by atoms with Crippen molar-refractivity contribution in [1.29, 1.82) is 0 Å². The van der Waals surface area contributed by atoms with Crippen LogP contribution in [0.2, 0.25) is 0 Å². The zero-order valence-corrected chi connectivity index (χ0v) is 16.0. The standard InChI is InChI=1S/C22H27NO3/c1-15(2)14-26-20-10-8-18(13-21(20)25-4)22(24)23-11-5-6-17-12-16(3)7-9-19(17)23/h7-10,12-13,15H,5-6,11,14H2,1-4H3. The van der Waals surface area contributed by atoms with Gasteiger partial charge in [-0.3, -0.25) is 4.79 Å². The number of hydrogen-bond acceptors (Lipinski definition) is 3. The van der Waals surface area contributed by atoms with Gasteiger partial charge in [0.2, 0.25) is 0 Å². The summed E-state index contributed by atoms with van der Waals surface area (Å²) >= 11 is 0. The summed E-state index contributed by atoms with van der Waals surface area (Å²) < 4.78 is 11.2. The van der Waals surface area contributed by atoms with E-state index in [1.807, 2.05) is 17.0 Å². The Morgan fingerprint density at radius 3 is 2.69 bits per heavy atom. The third kappa shape index (κ3) is 3.85. The monoisotopic (exact) mass is 353 g/mol. The van der Waals surface area contributed by atoms with E-state index in [2.05, 4.69) is 39.0 Å². The van der Waals surface area contributed by atoms with Crippen molar-refractivity contribution in [3.63, 3.8) is 0 Å². The van der Waals surface area contributed by atoms with Gasteiger partial charge in [-0.15, -0.1) is 0 Å². The number of anilines is 1. The number of methoxy groups -OCH3 is 1. The minimum Gasteiger partial charge on any atom is -0.493 e. The molecule has 0 unspecified atom stereocenters. The van der Waals surface area contributed by atoms with Crippen LogP contribution in [0.15, 0.2) is 36.4 Å². The molecule has 0 atom stereocenters. The number of hydrogen-bond donors (Lipinski definition) is 0. The van der Waals surface area contributed by atoms with Gasteiger partial charge in [-0.25, -0.2) is 0 Å². The highest BCUT2D eigenvalue weighted by Crippen LogP contribution is 2.32. The number of nitrogens with zero attached hydrogens (tertiary/aromatic N) is 1. The number of benzene rings is 2. The molecule has 1 aliphatic rings. The van der Waals surface area contributed by atoms with E-state index in [1.165, 1.54) is 11.1 Å². The molecule has 1 heterocycles. The molecule has 3 rings (SSSR count). The summed E-state index contributed by atoms with van der Waals surface area (Å²) in [7, 11) is 1.60. The van der Waals surface area contributed by atoms with Crippen molar-refractivity contribution in [1.82, 2.24) is 0 Å². The molecule has 0 aliphatic carbocycles. The lowest BCUT2D eigenvalue weighted by Gasteiger charge is -2.30. The van der Waals surface area contributed by atoms with Gasteiger partial charge >= 0.3 is 0 Å². The van der Waals surface area contributed by atoms with E-state index in [0.717, 1.165) is 25.1 Å². The van der Waals surface area contributed by atoms with Crippen molar-refractivity contribution < 1.29 is 14.3 Å². The highest BCUT2D eigenvalue weighted by atomic mass is 16.5. The number of fused-ring (bicyclic) bond motifs is 1. The van der Waals surface area contributed by atoms with Gasteiger partial charge < -0.3 is 14.4 Å². The van der Waals surface area contributed by atoms with Gasteiger partial charge in [0.25, 0.3) is 5.91 Å². The van der Waals surface area contributed by atoms with Gasteiger partial charge in [0.1, 0.15) is 0 Å². The fraction of sp³-hybridized carbons (Fsp3) is 0.409. The molecule has 4 heteroatoms. The van der Waals surface area contributed by atoms with Gasteiger partial charge in [-0.2, -0.15) is 0 Å². The zero-order valence-electron chi connectivity index (χ0n) is 16.0. The van der Waals surface area contributed by atoms with Crippen LogP contribution < -0.4 is 14.4 Å². The topological polar surface area (TPSA) is 38.8 Å². The second kappa shape index (κ2) is 7.81. The van der Waals surface area contributed by atoms with Crippen LogP contribution in [0, 0.1) is 12.8 Å². The van der Waals surface area contributed by atoms with E-state index in [1.54, 1.807) is 13.2 Å². The van der Waals surface area contributed by atoms with Crippen LogP contribution in [0.25, 0.3) is 0 Å². The smallest absolute Gasteiger partial charge is 0.258 e. The van der Waals surface area contributed by atoms with E-state index in [-0.39, 0.29) is 5.91 Å². The van der Waals surface area contributed by atoms with Gasteiger partial charge in [0.05, 0.1) is 13.7 Å². The van der Waals surface area contributed by atoms with Crippen LogP contribution in [0.4, 0.5) is 5.69 Å². The van der Waals surface area contributed by atoms with Crippen LogP contribution in [-0.2, 0) is 6.42 Å². The van der Waals surface area contributed by atoms with Gasteiger partial charge in [-0.05, 0) is 55.5 Å². The normalized spacial score (nSPS) is 13.5. The van der Waals surface area contributed by atoms with E-state index in [0.29, 0.717) is 29.6 Å². The maximum atomic E-state index is 13.1. The fourth-order valence-corrected chi connectivity index (χ4v) is 3.27. The SMILES string of the molecule is COc1cc(C(=O)N2CCCc3cc(C)ccc32)ccc1OCC(C)C. The predicted molar refractivity (Wildman–Crippen MR) is 105 cm³/mol. The maximum absolute atomic E-state index is 13.1. The first-order valence-electron chi connectivity index (χ1n) is 9.22. The first kappa shape index (κ1) is 18.3. The molecule has 0 aromatic heterocycles. The molecule has 26 heavy (non-hydrogen) atoms. The lowest BCUT2D eigenvalue weighted by molar-refractivity contribution is 0.0984. The quantitative estimate of drug-likeness (QED) is 0.786. The third-order valence-corrected chi connectivity index (χ3v) is 4.58. The Balaban J connectivity index is 1.87. The first-order chi connectivity index (χ1) is 12.5. The second-order valence-electron chi connectivity index (χ2n) is 7.26. The fourth-order valence-electron chi connectivity index (χ4n) is 3.27. The molecular formula is C22H27NO3. The molecule has 138 valence electrons. The maximum Gasteiger partial charge on any atom is 0.258 e. The summed E-state index contributed by atoms with van der Waals surface area (Å²) in [4.78, 5) is 15.0. The van der Waals surface area contributed by atoms with E-state index in [9.17, 15) is 4.79 Å². The lowest BCUT2D eigenvalue weighted by atomic mass is 9.99. The predicted octanol–water partition coefficient (Wildman–Crippen LogP) is 4.63. The molecule has 1 aliphatic heterocycles. The molecule has 0 radical (unpaired) electrons. The van der Waals surface area contributed by atoms with Crippen molar-refractivity contribution in [2.45, 2.75) is 33.6 Å². The number of carbonyl (C=O) groups is 1. The van der Waals surface area contributed by atoms with Crippen molar-refractivity contribution >= 4 is 11.6 Å². The van der Waals surface area contributed by atoms with Crippen molar-refractivity contribution in [3.05, 3.63) is 53.1 Å². The average molecular weight is 353 g/mol. The Bertz CT molecular complexity index is 798. The third-order valence-electron chi connectivity index (χ3n) is 4.58. The molecule has 0 N–H and O–H groups in total. The Hall–Kier alpha value is -2.49. The number of amides is 1. The molecule has 2 aromatic carbocycles. The average Bonchev–Trinajstić information content (AvgIpc) is 2.64. The van der Waals surface area contributed by atoms with Crippen molar-refractivity contribution in [3.8, 4) is 11.5 Å². The molecule has 0 fully saturated rings. The van der Waals surface area contributed by atoms with Gasteiger partial charge in [0, 0.05) is 17.8 Å². The molecule has 4 nitrogen and oxygen atoms in total. The molecular weight excluding hydrogens is 326 g/mol. The van der Waals surface area contributed by atoms with Gasteiger partial charge in [0.15, 0.2) is 11.5 Å². The van der Waals surface area contributed by atoms with Crippen LogP contribution in [0.5, 0.6) is 11.5 Å². The molecule has 2 aromatic rings. The van der Waals surface area contributed by atoms with E-state index < -0.39 is 0 Å². The summed E-state index contributed by atoms with van der Waals surface area (Å²) in [5.74, 6) is 1.70. The summed E-state index contributed by atoms with van der Waals surface area (Å²) in [5, 5.41) is 0. The van der Waals surface area contributed by atoms with E-state index in [4.69, 9.17) is 9.47 Å². The zero-order chi connectivity index (χ0) is 18.7. The van der Waals surface area contributed by atoms with Crippen LogP contribution in [0.1, 0.15) is 41.8 Å². The van der Waals surface area contributed by atoms with Crippen LogP contribution in [0.3, 0.4) is 0 Å². The summed E-state index contributed by atoms with van der Waals surface area (Å²) in [5.41, 5.74) is 4.11. The Labute approximate surface area is 155 Å². The lowest BCUT2D eigenvalue weighted by Crippen LogP contribution is -2.35. The number of carbonyl (C=O) groups excluding carboxylic acids is 1. The second-order valence-corrected chi connectivity index (χ2v) is 7.26. The molecule has 0 spiro atoms. The van der Waals surface area contributed by atoms with Crippen LogP contribution in [-0.4, -0.2) is 26.2 Å². The highest BCUT2D eigenvalue weighted by molar-refractivity contribution is 6.07. The summed E-state index contributed by atoms with van der Waals surface area (Å²) in [6, 6.07) is 11.7. The Morgan fingerprint density at radius 2 is 1.96 bits per heavy atom. The summed E-state index contributed by atoms with van der Waals surface area (Å²) in [6.45, 7) is 7.63. The minimum absolute atomic E-state index is 0.00325. The largest absolute Gasteiger partial charge is 0.493 e. The Morgan fingerprint density at radius 1 is 1.15 bits per heavy atom. The number of ether oxygens (including phenoxy) is 2. The van der Waals surface area contributed by atoms with Gasteiger partial charge in [-0.1, -0.05) is 31.5 Å². The summed E-state index contributed by atoms with van der Waals surface area (Å²) in [6.07, 6.45) is 2.00. The van der Waals surface area contributed by atoms with E-state index >= 15 is 0 Å². The van der Waals surface area contributed by atoms with Crippen molar-refractivity contribution in [2.24, 2.45) is 5.92 Å². The molecule has 0 saturated carbocycles. The Kier molecular flexibility index (Phi) is 5.50. The number of rotatable bonds is 5. The molecule has 1 amide bonds. The molecule has 0 saturated heterocycles. The first-order valence-corrected chi connectivity index (χ1v) is 9.22. The highest BCUT2D eigenvalue weighted by Gasteiger charge is 2.24. The molecule has 0 bridgehead atoms. The van der Waals surface area contributed by atoms with Crippen molar-refractivity contribution in [2.75, 3.05) is 25.2 Å². The van der Waals surface area contributed by atoms with Crippen LogP contribution >= 0.6 is 0 Å². The number of aryl methyl sites for hydroxylation is 2. The minimum atomic E-state index is 0.00325.